The molecule has 1 atom stereocenters. The third-order valence-corrected chi connectivity index (χ3v) is 3.45. The smallest absolute Gasteiger partial charge is 0.233 e. The number of hydrogen-bond acceptors (Lipinski definition) is 3. The topological polar surface area (TPSA) is 46.2 Å². The van der Waals surface area contributed by atoms with Gasteiger partial charge in [-0.2, -0.15) is 0 Å². The van der Waals surface area contributed by atoms with E-state index in [2.05, 4.69) is 19.2 Å². The van der Waals surface area contributed by atoms with Crippen molar-refractivity contribution in [3.63, 3.8) is 0 Å². The van der Waals surface area contributed by atoms with Gasteiger partial charge in [-0.15, -0.1) is 11.8 Å². The van der Waals surface area contributed by atoms with E-state index in [-0.39, 0.29) is 11.2 Å². The lowest BCUT2D eigenvalue weighted by atomic mass is 10.2. The summed E-state index contributed by atoms with van der Waals surface area (Å²) in [5, 5.41) is 2.74. The van der Waals surface area contributed by atoms with Crippen LogP contribution in [0, 0.1) is 5.92 Å². The second kappa shape index (κ2) is 7.21. The average Bonchev–Trinajstić information content (AvgIpc) is 2.36. The number of benzene rings is 1. The van der Waals surface area contributed by atoms with Crippen LogP contribution >= 0.6 is 11.8 Å². The zero-order chi connectivity index (χ0) is 13.5. The van der Waals surface area contributed by atoms with E-state index in [0.717, 1.165) is 11.2 Å². The first kappa shape index (κ1) is 14.8. The summed E-state index contributed by atoms with van der Waals surface area (Å²) in [6, 6.07) is 7.28. The van der Waals surface area contributed by atoms with Gasteiger partial charge < -0.3 is 5.32 Å². The van der Waals surface area contributed by atoms with Crippen LogP contribution in [0.3, 0.4) is 0 Å². The van der Waals surface area contributed by atoms with Gasteiger partial charge in [0.1, 0.15) is 6.29 Å². The van der Waals surface area contributed by atoms with Crippen LogP contribution in [-0.4, -0.2) is 24.0 Å². The van der Waals surface area contributed by atoms with Gasteiger partial charge in [0.25, 0.3) is 0 Å². The molecule has 98 valence electrons. The standard InChI is InChI=1S/C14H19NO2S/c1-10(2)8-15-14(17)11(3)18-13-6-4-5-12(7-13)9-16/h4-7,9-11H,8H2,1-3H3,(H,15,17). The van der Waals surface area contributed by atoms with Gasteiger partial charge in [0, 0.05) is 17.0 Å². The normalized spacial score (nSPS) is 12.2. The lowest BCUT2D eigenvalue weighted by Gasteiger charge is -2.13. The van der Waals surface area contributed by atoms with Crippen molar-refractivity contribution in [2.75, 3.05) is 6.54 Å². The molecule has 0 bridgehead atoms. The molecule has 0 radical (unpaired) electrons. The molecule has 0 saturated heterocycles. The van der Waals surface area contributed by atoms with Crippen LogP contribution in [0.25, 0.3) is 0 Å². The number of carbonyl (C=O) groups is 2. The minimum atomic E-state index is -0.161. The van der Waals surface area contributed by atoms with Crippen LogP contribution in [0.15, 0.2) is 29.2 Å². The lowest BCUT2D eigenvalue weighted by Crippen LogP contribution is -2.33. The third kappa shape index (κ3) is 4.92. The molecule has 0 heterocycles. The van der Waals surface area contributed by atoms with Crippen molar-refractivity contribution in [2.45, 2.75) is 30.9 Å². The molecule has 1 aromatic rings. The molecule has 0 aliphatic carbocycles. The fraction of sp³-hybridized carbons (Fsp3) is 0.429. The average molecular weight is 265 g/mol. The Labute approximate surface area is 112 Å². The Hall–Kier alpha value is -1.29. The SMILES string of the molecule is CC(C)CNC(=O)C(C)Sc1cccc(C=O)c1. The van der Waals surface area contributed by atoms with Gasteiger partial charge in [-0.1, -0.05) is 26.0 Å². The summed E-state index contributed by atoms with van der Waals surface area (Å²) in [6.07, 6.45) is 0.813. The number of rotatable bonds is 6. The number of carbonyl (C=O) groups excluding carboxylic acids is 2. The van der Waals surface area contributed by atoms with Gasteiger partial charge in [-0.3, -0.25) is 9.59 Å². The molecule has 0 aliphatic rings. The van der Waals surface area contributed by atoms with E-state index in [1.807, 2.05) is 19.1 Å². The fourth-order valence-corrected chi connectivity index (χ4v) is 2.33. The number of aldehydes is 1. The highest BCUT2D eigenvalue weighted by Gasteiger charge is 2.14. The van der Waals surface area contributed by atoms with Gasteiger partial charge in [-0.25, -0.2) is 0 Å². The number of hydrogen-bond donors (Lipinski definition) is 1. The molecule has 0 saturated carbocycles. The molecule has 1 unspecified atom stereocenters. The summed E-state index contributed by atoms with van der Waals surface area (Å²) in [7, 11) is 0. The quantitative estimate of drug-likeness (QED) is 0.635. The number of amides is 1. The van der Waals surface area contributed by atoms with Gasteiger partial charge in [0.2, 0.25) is 5.91 Å². The second-order valence-corrected chi connectivity index (χ2v) is 6.00. The van der Waals surface area contributed by atoms with E-state index < -0.39 is 0 Å². The Morgan fingerprint density at radius 2 is 2.11 bits per heavy atom. The van der Waals surface area contributed by atoms with Crippen molar-refractivity contribution >= 4 is 24.0 Å². The molecule has 1 aromatic carbocycles. The molecular weight excluding hydrogens is 246 g/mol. The highest BCUT2D eigenvalue weighted by molar-refractivity contribution is 8.00. The maximum absolute atomic E-state index is 11.8. The number of nitrogens with one attached hydrogen (secondary N) is 1. The van der Waals surface area contributed by atoms with Crippen molar-refractivity contribution < 1.29 is 9.59 Å². The maximum Gasteiger partial charge on any atom is 0.233 e. The molecule has 1 amide bonds. The van der Waals surface area contributed by atoms with E-state index in [1.54, 1.807) is 12.1 Å². The van der Waals surface area contributed by atoms with Gasteiger partial charge in [0.15, 0.2) is 0 Å². The fourth-order valence-electron chi connectivity index (χ4n) is 1.37. The van der Waals surface area contributed by atoms with Crippen LogP contribution in [0.2, 0.25) is 0 Å². The van der Waals surface area contributed by atoms with Crippen LogP contribution in [-0.2, 0) is 4.79 Å². The predicted octanol–water partition coefficient (Wildman–Crippen LogP) is 2.75. The summed E-state index contributed by atoms with van der Waals surface area (Å²) in [6.45, 7) is 6.68. The minimum Gasteiger partial charge on any atom is -0.355 e. The summed E-state index contributed by atoms with van der Waals surface area (Å²) in [5.74, 6) is 0.481. The first-order valence-corrected chi connectivity index (χ1v) is 6.90. The van der Waals surface area contributed by atoms with E-state index >= 15 is 0 Å². The van der Waals surface area contributed by atoms with Crippen molar-refractivity contribution in [1.29, 1.82) is 0 Å². The van der Waals surface area contributed by atoms with Crippen LogP contribution in [0.5, 0.6) is 0 Å². The molecule has 0 fully saturated rings. The Kier molecular flexibility index (Phi) is 5.92. The molecular formula is C14H19NO2S. The Balaban J connectivity index is 2.55. The van der Waals surface area contributed by atoms with Crippen LogP contribution < -0.4 is 5.32 Å². The first-order chi connectivity index (χ1) is 8.52. The minimum absolute atomic E-state index is 0.0326. The van der Waals surface area contributed by atoms with Gasteiger partial charge >= 0.3 is 0 Å². The van der Waals surface area contributed by atoms with Crippen LogP contribution in [0.1, 0.15) is 31.1 Å². The van der Waals surface area contributed by atoms with Crippen molar-refractivity contribution in [3.05, 3.63) is 29.8 Å². The highest BCUT2D eigenvalue weighted by atomic mass is 32.2. The Bertz CT molecular complexity index is 418. The molecule has 0 aliphatic heterocycles. The summed E-state index contributed by atoms with van der Waals surface area (Å²) in [4.78, 5) is 23.4. The monoisotopic (exact) mass is 265 g/mol. The molecule has 3 nitrogen and oxygen atoms in total. The molecule has 0 aromatic heterocycles. The summed E-state index contributed by atoms with van der Waals surface area (Å²) >= 11 is 1.46. The molecule has 1 N–H and O–H groups in total. The van der Waals surface area contributed by atoms with E-state index in [4.69, 9.17) is 0 Å². The first-order valence-electron chi connectivity index (χ1n) is 6.02. The highest BCUT2D eigenvalue weighted by Crippen LogP contribution is 2.23. The van der Waals surface area contributed by atoms with Crippen molar-refractivity contribution in [3.8, 4) is 0 Å². The molecule has 0 spiro atoms. The van der Waals surface area contributed by atoms with Crippen molar-refractivity contribution in [1.82, 2.24) is 5.32 Å². The second-order valence-electron chi connectivity index (χ2n) is 4.59. The molecule has 1 rings (SSSR count). The Morgan fingerprint density at radius 1 is 1.39 bits per heavy atom. The van der Waals surface area contributed by atoms with E-state index in [9.17, 15) is 9.59 Å². The Morgan fingerprint density at radius 3 is 2.72 bits per heavy atom. The maximum atomic E-state index is 11.8. The summed E-state index contributed by atoms with van der Waals surface area (Å²) < 4.78 is 0. The number of thioether (sulfide) groups is 1. The van der Waals surface area contributed by atoms with Gasteiger partial charge in [0.05, 0.1) is 5.25 Å². The van der Waals surface area contributed by atoms with E-state index in [0.29, 0.717) is 18.0 Å². The van der Waals surface area contributed by atoms with Gasteiger partial charge in [-0.05, 0) is 25.0 Å². The summed E-state index contributed by atoms with van der Waals surface area (Å²) in [5.41, 5.74) is 0.634. The molecule has 18 heavy (non-hydrogen) atoms. The van der Waals surface area contributed by atoms with E-state index in [1.165, 1.54) is 11.8 Å². The largest absolute Gasteiger partial charge is 0.355 e. The van der Waals surface area contributed by atoms with Crippen molar-refractivity contribution in [2.24, 2.45) is 5.92 Å². The predicted molar refractivity (Wildman–Crippen MR) is 75.0 cm³/mol. The zero-order valence-electron chi connectivity index (χ0n) is 11.0. The lowest BCUT2D eigenvalue weighted by molar-refractivity contribution is -0.120. The third-order valence-electron chi connectivity index (χ3n) is 2.36. The molecule has 4 heteroatoms. The van der Waals surface area contributed by atoms with Crippen LogP contribution in [0.4, 0.5) is 0 Å². The zero-order valence-corrected chi connectivity index (χ0v) is 11.8.